The van der Waals surface area contributed by atoms with Crippen LogP contribution >= 0.6 is 0 Å². The highest BCUT2D eigenvalue weighted by molar-refractivity contribution is 5.83. The number of carbonyl (C=O) groups is 1. The Morgan fingerprint density at radius 2 is 2.25 bits per heavy atom. The number of nitrogens with zero attached hydrogens (tertiary/aromatic N) is 1. The number of amides is 1. The first-order valence-electron chi connectivity index (χ1n) is 6.47. The molecule has 0 aliphatic heterocycles. The first kappa shape index (κ1) is 15.7. The second-order valence-corrected chi connectivity index (χ2v) is 4.60. The Morgan fingerprint density at radius 3 is 2.80 bits per heavy atom. The van der Waals surface area contributed by atoms with E-state index in [1.807, 2.05) is 6.92 Å². The van der Waals surface area contributed by atoms with Crippen LogP contribution in [0.1, 0.15) is 38.2 Å². The van der Waals surface area contributed by atoms with Gasteiger partial charge in [-0.1, -0.05) is 19.1 Å². The van der Waals surface area contributed by atoms with Crippen molar-refractivity contribution in [3.8, 4) is 12.3 Å². The molecule has 20 heavy (non-hydrogen) atoms. The molecule has 1 rings (SSSR count). The predicted molar refractivity (Wildman–Crippen MR) is 77.2 cm³/mol. The second-order valence-electron chi connectivity index (χ2n) is 4.60. The van der Waals surface area contributed by atoms with E-state index in [9.17, 15) is 14.9 Å². The highest BCUT2D eigenvalue weighted by Gasteiger charge is 2.19. The van der Waals surface area contributed by atoms with Crippen molar-refractivity contribution in [3.63, 3.8) is 0 Å². The van der Waals surface area contributed by atoms with E-state index in [0.717, 1.165) is 6.42 Å². The van der Waals surface area contributed by atoms with Crippen LogP contribution in [-0.4, -0.2) is 16.9 Å². The number of terminal acetylenes is 1. The van der Waals surface area contributed by atoms with E-state index >= 15 is 0 Å². The van der Waals surface area contributed by atoms with Crippen LogP contribution in [0.15, 0.2) is 24.3 Å². The van der Waals surface area contributed by atoms with Crippen molar-refractivity contribution in [1.82, 2.24) is 5.32 Å². The third kappa shape index (κ3) is 4.09. The standard InChI is InChI=1S/C15H18N2O3/c1-4-7-13(5-2)16-15(18)11(3)12-8-6-9-14(10-12)17(19)20/h1,6,8-11,13H,5,7H2,2-3H3,(H,16,18). The zero-order chi connectivity index (χ0) is 15.1. The van der Waals surface area contributed by atoms with Crippen molar-refractivity contribution in [2.45, 2.75) is 38.6 Å². The van der Waals surface area contributed by atoms with Gasteiger partial charge >= 0.3 is 0 Å². The van der Waals surface area contributed by atoms with Gasteiger partial charge in [-0.25, -0.2) is 0 Å². The largest absolute Gasteiger partial charge is 0.352 e. The summed E-state index contributed by atoms with van der Waals surface area (Å²) in [6, 6.07) is 6.05. The van der Waals surface area contributed by atoms with E-state index < -0.39 is 10.8 Å². The molecule has 0 heterocycles. The van der Waals surface area contributed by atoms with Crippen LogP contribution in [0.2, 0.25) is 0 Å². The van der Waals surface area contributed by atoms with E-state index in [0.29, 0.717) is 12.0 Å². The molecule has 1 aromatic carbocycles. The minimum absolute atomic E-state index is 0.0159. The van der Waals surface area contributed by atoms with Gasteiger partial charge in [0, 0.05) is 24.6 Å². The molecule has 0 fully saturated rings. The summed E-state index contributed by atoms with van der Waals surface area (Å²) in [5, 5.41) is 13.6. The molecule has 0 aromatic heterocycles. The van der Waals surface area contributed by atoms with Gasteiger partial charge < -0.3 is 5.32 Å². The maximum absolute atomic E-state index is 12.1. The zero-order valence-electron chi connectivity index (χ0n) is 11.6. The lowest BCUT2D eigenvalue weighted by atomic mass is 9.99. The van der Waals surface area contributed by atoms with E-state index in [4.69, 9.17) is 6.42 Å². The molecule has 1 aromatic rings. The first-order chi connectivity index (χ1) is 9.49. The van der Waals surface area contributed by atoms with Crippen LogP contribution in [-0.2, 0) is 4.79 Å². The molecule has 0 saturated heterocycles. The summed E-state index contributed by atoms with van der Waals surface area (Å²) in [6.45, 7) is 3.66. The number of hydrogen-bond donors (Lipinski definition) is 1. The van der Waals surface area contributed by atoms with Gasteiger partial charge in [0.25, 0.3) is 5.69 Å². The summed E-state index contributed by atoms with van der Waals surface area (Å²) in [5.74, 6) is 1.89. The fraction of sp³-hybridized carbons (Fsp3) is 0.400. The Bertz CT molecular complexity index is 534. The lowest BCUT2D eigenvalue weighted by Crippen LogP contribution is -2.36. The van der Waals surface area contributed by atoms with Gasteiger partial charge in [0.1, 0.15) is 0 Å². The minimum atomic E-state index is -0.471. The average Bonchev–Trinajstić information content (AvgIpc) is 2.45. The summed E-state index contributed by atoms with van der Waals surface area (Å²) in [7, 11) is 0. The van der Waals surface area contributed by atoms with E-state index in [1.165, 1.54) is 12.1 Å². The molecule has 0 aliphatic rings. The van der Waals surface area contributed by atoms with E-state index in [2.05, 4.69) is 11.2 Å². The minimum Gasteiger partial charge on any atom is -0.352 e. The van der Waals surface area contributed by atoms with Gasteiger partial charge in [-0.05, 0) is 18.9 Å². The lowest BCUT2D eigenvalue weighted by molar-refractivity contribution is -0.384. The number of nitro benzene ring substituents is 1. The van der Waals surface area contributed by atoms with Crippen LogP contribution in [0.4, 0.5) is 5.69 Å². The third-order valence-corrected chi connectivity index (χ3v) is 3.18. The van der Waals surface area contributed by atoms with Gasteiger partial charge in [-0.15, -0.1) is 12.3 Å². The Labute approximate surface area is 118 Å². The molecule has 0 bridgehead atoms. The quantitative estimate of drug-likeness (QED) is 0.492. The molecule has 2 unspecified atom stereocenters. The molecule has 106 valence electrons. The van der Waals surface area contributed by atoms with Crippen LogP contribution in [0.5, 0.6) is 0 Å². The number of rotatable bonds is 6. The summed E-state index contributed by atoms with van der Waals surface area (Å²) < 4.78 is 0. The van der Waals surface area contributed by atoms with Crippen molar-refractivity contribution >= 4 is 11.6 Å². The average molecular weight is 274 g/mol. The number of nitrogens with one attached hydrogen (secondary N) is 1. The highest BCUT2D eigenvalue weighted by atomic mass is 16.6. The molecule has 5 heteroatoms. The predicted octanol–water partition coefficient (Wildman–Crippen LogP) is 2.62. The number of hydrogen-bond acceptors (Lipinski definition) is 3. The molecule has 0 radical (unpaired) electrons. The van der Waals surface area contributed by atoms with Crippen molar-refractivity contribution in [2.24, 2.45) is 0 Å². The number of benzene rings is 1. The second kappa shape index (κ2) is 7.29. The topological polar surface area (TPSA) is 72.2 Å². The number of carbonyl (C=O) groups excluding carboxylic acids is 1. The van der Waals surface area contributed by atoms with Crippen LogP contribution in [0.25, 0.3) is 0 Å². The van der Waals surface area contributed by atoms with Gasteiger partial charge in [-0.3, -0.25) is 14.9 Å². The molecule has 0 aliphatic carbocycles. The SMILES string of the molecule is C#CCC(CC)NC(=O)C(C)c1cccc([N+](=O)[O-])c1. The number of non-ortho nitro benzene ring substituents is 1. The maximum Gasteiger partial charge on any atom is 0.269 e. The molecule has 1 amide bonds. The highest BCUT2D eigenvalue weighted by Crippen LogP contribution is 2.21. The Morgan fingerprint density at radius 1 is 1.55 bits per heavy atom. The van der Waals surface area contributed by atoms with Crippen LogP contribution < -0.4 is 5.32 Å². The Balaban J connectivity index is 2.81. The fourth-order valence-corrected chi connectivity index (χ4v) is 1.82. The summed E-state index contributed by atoms with van der Waals surface area (Å²) in [6.07, 6.45) is 6.47. The summed E-state index contributed by atoms with van der Waals surface area (Å²) >= 11 is 0. The van der Waals surface area contributed by atoms with Gasteiger partial charge in [0.05, 0.1) is 10.8 Å². The van der Waals surface area contributed by atoms with E-state index in [1.54, 1.807) is 19.1 Å². The summed E-state index contributed by atoms with van der Waals surface area (Å²) in [4.78, 5) is 22.4. The number of nitro groups is 1. The van der Waals surface area contributed by atoms with Crippen LogP contribution in [0, 0.1) is 22.5 Å². The molecular weight excluding hydrogens is 256 g/mol. The third-order valence-electron chi connectivity index (χ3n) is 3.18. The first-order valence-corrected chi connectivity index (χ1v) is 6.47. The zero-order valence-corrected chi connectivity index (χ0v) is 11.6. The monoisotopic (exact) mass is 274 g/mol. The molecule has 1 N–H and O–H groups in total. The molecule has 5 nitrogen and oxygen atoms in total. The maximum atomic E-state index is 12.1. The fourth-order valence-electron chi connectivity index (χ4n) is 1.82. The summed E-state index contributed by atoms with van der Waals surface area (Å²) in [5.41, 5.74) is 0.602. The van der Waals surface area contributed by atoms with Crippen LogP contribution in [0.3, 0.4) is 0 Å². The van der Waals surface area contributed by atoms with Gasteiger partial charge in [-0.2, -0.15) is 0 Å². The molecule has 0 spiro atoms. The van der Waals surface area contributed by atoms with Crippen molar-refractivity contribution in [1.29, 1.82) is 0 Å². The molecular formula is C15H18N2O3. The van der Waals surface area contributed by atoms with Gasteiger partial charge in [0.15, 0.2) is 0 Å². The Hall–Kier alpha value is -2.35. The van der Waals surface area contributed by atoms with Gasteiger partial charge in [0.2, 0.25) is 5.91 Å². The van der Waals surface area contributed by atoms with Crippen molar-refractivity contribution in [2.75, 3.05) is 0 Å². The molecule has 0 saturated carbocycles. The Kier molecular flexibility index (Phi) is 5.73. The van der Waals surface area contributed by atoms with Crippen molar-refractivity contribution < 1.29 is 9.72 Å². The van der Waals surface area contributed by atoms with Crippen molar-refractivity contribution in [3.05, 3.63) is 39.9 Å². The normalized spacial score (nSPS) is 13.1. The van der Waals surface area contributed by atoms with E-state index in [-0.39, 0.29) is 17.6 Å². The lowest BCUT2D eigenvalue weighted by Gasteiger charge is -2.18. The smallest absolute Gasteiger partial charge is 0.269 e. The molecule has 2 atom stereocenters.